The Morgan fingerprint density at radius 3 is 2.76 bits per heavy atom. The molecule has 3 N–H and O–H groups in total. The van der Waals surface area contributed by atoms with Crippen molar-refractivity contribution in [2.45, 2.75) is 11.4 Å². The second-order valence-electron chi connectivity index (χ2n) is 4.02. The molecule has 7 heteroatoms. The Morgan fingerprint density at radius 2 is 2.05 bits per heavy atom. The van der Waals surface area contributed by atoms with Crippen LogP contribution in [0.4, 0.5) is 4.39 Å². The molecule has 2 aromatic rings. The Hall–Kier alpha value is -1.72. The van der Waals surface area contributed by atoms with Crippen molar-refractivity contribution in [3.63, 3.8) is 0 Å². The fourth-order valence-electron chi connectivity index (χ4n) is 1.64. The summed E-state index contributed by atoms with van der Waals surface area (Å²) in [4.78, 5) is 0.395. The minimum Gasteiger partial charge on any atom is -0.320 e. The smallest absolute Gasteiger partial charge is 0.243 e. The molecule has 1 heterocycles. The number of rotatable bonds is 4. The highest BCUT2D eigenvalue weighted by atomic mass is 32.2. The van der Waals surface area contributed by atoms with Crippen LogP contribution in [-0.2, 0) is 16.6 Å². The van der Waals surface area contributed by atoms with Gasteiger partial charge in [0.1, 0.15) is 10.7 Å². The molecule has 0 radical (unpaired) electrons. The van der Waals surface area contributed by atoms with Crippen LogP contribution in [0, 0.1) is 17.7 Å². The number of benzene rings is 1. The number of hydrogen-bond donors (Lipinski definition) is 2. The molecule has 1 aromatic carbocycles. The normalized spacial score (nSPS) is 11.0. The van der Waals surface area contributed by atoms with Crippen molar-refractivity contribution in [3.8, 4) is 11.8 Å². The van der Waals surface area contributed by atoms with Crippen LogP contribution < -0.4 is 10.5 Å². The van der Waals surface area contributed by atoms with E-state index in [1.807, 2.05) is 5.38 Å². The quantitative estimate of drug-likeness (QED) is 0.841. The first-order chi connectivity index (χ1) is 10.0. The van der Waals surface area contributed by atoms with Crippen LogP contribution in [0.15, 0.2) is 40.6 Å². The molecule has 0 aliphatic carbocycles. The van der Waals surface area contributed by atoms with E-state index >= 15 is 0 Å². The van der Waals surface area contributed by atoms with E-state index in [0.717, 1.165) is 16.5 Å². The molecule has 0 bridgehead atoms. The molecule has 0 fully saturated rings. The van der Waals surface area contributed by atoms with E-state index in [1.54, 1.807) is 6.07 Å². The molecule has 0 aliphatic heterocycles. The molecule has 1 aromatic heterocycles. The first-order valence-corrected chi connectivity index (χ1v) is 8.40. The lowest BCUT2D eigenvalue weighted by atomic mass is 10.2. The Kier molecular flexibility index (Phi) is 5.09. The van der Waals surface area contributed by atoms with Crippen molar-refractivity contribution in [2.75, 3.05) is 6.54 Å². The summed E-state index contributed by atoms with van der Waals surface area (Å²) in [5.41, 5.74) is 6.03. The number of halogens is 1. The fourth-order valence-corrected chi connectivity index (χ4v) is 3.57. The zero-order valence-electron chi connectivity index (χ0n) is 11.0. The van der Waals surface area contributed by atoms with E-state index in [9.17, 15) is 12.8 Å². The van der Waals surface area contributed by atoms with Gasteiger partial charge in [0.15, 0.2) is 0 Å². The zero-order chi connectivity index (χ0) is 15.3. The number of nitrogens with one attached hydrogen (secondary N) is 1. The third-order valence-corrected chi connectivity index (χ3v) is 4.97. The molecular formula is C14H13FN2O2S2. The van der Waals surface area contributed by atoms with Crippen molar-refractivity contribution in [1.82, 2.24) is 4.72 Å². The van der Waals surface area contributed by atoms with Crippen molar-refractivity contribution >= 4 is 21.4 Å². The molecule has 0 saturated carbocycles. The van der Waals surface area contributed by atoms with E-state index in [-0.39, 0.29) is 18.0 Å². The summed E-state index contributed by atoms with van der Waals surface area (Å²) in [6.45, 7) is 0.291. The second kappa shape index (κ2) is 6.83. The second-order valence-corrected chi connectivity index (χ2v) is 6.75. The highest BCUT2D eigenvalue weighted by molar-refractivity contribution is 7.89. The van der Waals surface area contributed by atoms with Gasteiger partial charge in [-0.1, -0.05) is 24.0 Å². The minimum atomic E-state index is -3.90. The van der Waals surface area contributed by atoms with Crippen molar-refractivity contribution < 1.29 is 12.8 Å². The summed E-state index contributed by atoms with van der Waals surface area (Å²) in [5.74, 6) is 4.80. The fraction of sp³-hybridized carbons (Fsp3) is 0.143. The van der Waals surface area contributed by atoms with Gasteiger partial charge in [0.25, 0.3) is 0 Å². The monoisotopic (exact) mass is 324 g/mol. The van der Waals surface area contributed by atoms with Gasteiger partial charge in [-0.15, -0.1) is 11.3 Å². The maximum Gasteiger partial charge on any atom is 0.243 e. The number of thiophene rings is 1. The summed E-state index contributed by atoms with van der Waals surface area (Å²) in [6, 6.07) is 7.04. The molecule has 0 spiro atoms. The van der Waals surface area contributed by atoms with Crippen LogP contribution in [-0.4, -0.2) is 15.0 Å². The molecule has 0 atom stereocenters. The molecule has 4 nitrogen and oxygen atoms in total. The van der Waals surface area contributed by atoms with Gasteiger partial charge in [0, 0.05) is 17.0 Å². The molecule has 0 unspecified atom stereocenters. The van der Waals surface area contributed by atoms with Crippen LogP contribution in [0.2, 0.25) is 0 Å². The van der Waals surface area contributed by atoms with Crippen LogP contribution in [0.3, 0.4) is 0 Å². The average Bonchev–Trinajstić information content (AvgIpc) is 2.91. The SMILES string of the molecule is NCC#Cc1ccsc1CNS(=O)(=O)c1ccccc1F. The maximum absolute atomic E-state index is 13.5. The number of nitrogens with two attached hydrogens (primary N) is 1. The summed E-state index contributed by atoms with van der Waals surface area (Å²) in [7, 11) is -3.90. The van der Waals surface area contributed by atoms with Gasteiger partial charge in [0.2, 0.25) is 10.0 Å². The van der Waals surface area contributed by atoms with Crippen molar-refractivity contribution in [2.24, 2.45) is 5.73 Å². The maximum atomic E-state index is 13.5. The van der Waals surface area contributed by atoms with Gasteiger partial charge in [0.05, 0.1) is 6.54 Å². The van der Waals surface area contributed by atoms with Crippen LogP contribution in [0.1, 0.15) is 10.4 Å². The predicted molar refractivity (Wildman–Crippen MR) is 80.7 cm³/mol. The Bertz CT molecular complexity index is 789. The topological polar surface area (TPSA) is 72.2 Å². The van der Waals surface area contributed by atoms with Gasteiger partial charge in [-0.05, 0) is 23.6 Å². The third-order valence-electron chi connectivity index (χ3n) is 2.62. The minimum absolute atomic E-state index is 0.0585. The van der Waals surface area contributed by atoms with Gasteiger partial charge in [-0.3, -0.25) is 0 Å². The van der Waals surface area contributed by atoms with Crippen LogP contribution in [0.25, 0.3) is 0 Å². The molecular weight excluding hydrogens is 311 g/mol. The van der Waals surface area contributed by atoms with Crippen LogP contribution in [0.5, 0.6) is 0 Å². The first-order valence-electron chi connectivity index (χ1n) is 6.04. The Labute approximate surface area is 126 Å². The van der Waals surface area contributed by atoms with Gasteiger partial charge >= 0.3 is 0 Å². The molecule has 110 valence electrons. The van der Waals surface area contributed by atoms with E-state index in [4.69, 9.17) is 5.73 Å². The van der Waals surface area contributed by atoms with Gasteiger partial charge in [-0.2, -0.15) is 0 Å². The summed E-state index contributed by atoms with van der Waals surface area (Å²) in [6.07, 6.45) is 0. The summed E-state index contributed by atoms with van der Waals surface area (Å²) in [5, 5.41) is 1.81. The third kappa shape index (κ3) is 3.89. The highest BCUT2D eigenvalue weighted by Crippen LogP contribution is 2.18. The lowest BCUT2D eigenvalue weighted by Crippen LogP contribution is -2.24. The van der Waals surface area contributed by atoms with E-state index in [2.05, 4.69) is 16.6 Å². The van der Waals surface area contributed by atoms with Crippen molar-refractivity contribution in [3.05, 3.63) is 52.0 Å². The largest absolute Gasteiger partial charge is 0.320 e. The average molecular weight is 324 g/mol. The molecule has 0 amide bonds. The Morgan fingerprint density at radius 1 is 1.29 bits per heavy atom. The lowest BCUT2D eigenvalue weighted by Gasteiger charge is -2.06. The lowest BCUT2D eigenvalue weighted by molar-refractivity contribution is 0.557. The van der Waals surface area contributed by atoms with Crippen molar-refractivity contribution in [1.29, 1.82) is 0 Å². The van der Waals surface area contributed by atoms with Crippen LogP contribution >= 0.6 is 11.3 Å². The predicted octanol–water partition coefficient (Wildman–Crippen LogP) is 1.68. The first kappa shape index (κ1) is 15.7. The number of hydrogen-bond acceptors (Lipinski definition) is 4. The standard InChI is InChI=1S/C14H13FN2O2S2/c15-12-5-1-2-6-14(12)21(18,19)17-10-13-11(4-3-8-16)7-9-20-13/h1-2,5-7,9,17H,8,10,16H2. The van der Waals surface area contributed by atoms with E-state index < -0.39 is 15.8 Å². The zero-order valence-corrected chi connectivity index (χ0v) is 12.6. The number of sulfonamides is 1. The molecule has 2 rings (SSSR count). The molecule has 0 aliphatic rings. The molecule has 0 saturated heterocycles. The summed E-state index contributed by atoms with van der Waals surface area (Å²) < 4.78 is 40.1. The highest BCUT2D eigenvalue weighted by Gasteiger charge is 2.18. The van der Waals surface area contributed by atoms with Gasteiger partial charge in [-0.25, -0.2) is 17.5 Å². The van der Waals surface area contributed by atoms with Gasteiger partial charge < -0.3 is 5.73 Å². The van der Waals surface area contributed by atoms with E-state index in [0.29, 0.717) is 0 Å². The Balaban J connectivity index is 2.17. The summed E-state index contributed by atoms with van der Waals surface area (Å²) >= 11 is 1.38. The molecule has 21 heavy (non-hydrogen) atoms. The van der Waals surface area contributed by atoms with E-state index in [1.165, 1.54) is 29.5 Å².